The number of rotatable bonds is 6. The lowest BCUT2D eigenvalue weighted by Crippen LogP contribution is -2.29. The van der Waals surface area contributed by atoms with Gasteiger partial charge in [0.05, 0.1) is 29.3 Å². The van der Waals surface area contributed by atoms with Crippen LogP contribution in [0.1, 0.15) is 58.8 Å². The molecule has 2 aliphatic carbocycles. The second-order valence-electron chi connectivity index (χ2n) is 8.55. The van der Waals surface area contributed by atoms with Gasteiger partial charge in [-0.1, -0.05) is 0 Å². The van der Waals surface area contributed by atoms with Crippen molar-refractivity contribution < 1.29 is 28.5 Å². The van der Waals surface area contributed by atoms with E-state index in [9.17, 15) is 9.59 Å². The first-order valence-electron chi connectivity index (χ1n) is 9.56. The van der Waals surface area contributed by atoms with Crippen LogP contribution in [-0.4, -0.2) is 48.6 Å². The van der Waals surface area contributed by atoms with Gasteiger partial charge < -0.3 is 18.9 Å². The lowest BCUT2D eigenvalue weighted by Gasteiger charge is -2.22. The summed E-state index contributed by atoms with van der Waals surface area (Å²) in [6.07, 6.45) is 6.52. The third-order valence-electron chi connectivity index (χ3n) is 6.47. The average Bonchev–Trinajstić information content (AvgIpc) is 3.43. The van der Waals surface area contributed by atoms with Crippen molar-refractivity contribution in [3.63, 3.8) is 0 Å². The Bertz CT molecular complexity index is 562. The van der Waals surface area contributed by atoms with Crippen LogP contribution in [0.2, 0.25) is 0 Å². The average molecular weight is 352 g/mol. The molecular formula is C19H28O6. The lowest BCUT2D eigenvalue weighted by atomic mass is 9.81. The van der Waals surface area contributed by atoms with Gasteiger partial charge in [0.25, 0.3) is 0 Å². The minimum absolute atomic E-state index is 0.0000711. The Labute approximate surface area is 148 Å². The molecule has 0 aromatic rings. The van der Waals surface area contributed by atoms with Crippen LogP contribution >= 0.6 is 0 Å². The molecule has 0 N–H and O–H groups in total. The summed E-state index contributed by atoms with van der Waals surface area (Å²) >= 11 is 0. The van der Waals surface area contributed by atoms with E-state index in [4.69, 9.17) is 18.9 Å². The van der Waals surface area contributed by atoms with Gasteiger partial charge in [-0.15, -0.1) is 0 Å². The molecule has 0 radical (unpaired) electrons. The molecule has 6 heteroatoms. The molecule has 6 atom stereocenters. The Morgan fingerprint density at radius 3 is 2.52 bits per heavy atom. The molecule has 2 aliphatic heterocycles. The summed E-state index contributed by atoms with van der Waals surface area (Å²) in [6, 6.07) is 0. The first-order valence-corrected chi connectivity index (χ1v) is 9.56. The Morgan fingerprint density at radius 1 is 1.00 bits per heavy atom. The van der Waals surface area contributed by atoms with E-state index in [1.807, 2.05) is 0 Å². The molecule has 4 aliphatic rings. The van der Waals surface area contributed by atoms with Gasteiger partial charge in [0.2, 0.25) is 0 Å². The van der Waals surface area contributed by atoms with Crippen LogP contribution in [0.3, 0.4) is 0 Å². The number of carbonyl (C=O) groups excluding carboxylic acids is 2. The molecule has 25 heavy (non-hydrogen) atoms. The lowest BCUT2D eigenvalue weighted by molar-refractivity contribution is -0.156. The SMILES string of the molecule is CC12CCC(C(=O)OCCOC(=O)CC3CCC4OC4(C)C3)CC1O2. The van der Waals surface area contributed by atoms with Crippen LogP contribution in [0.15, 0.2) is 0 Å². The molecule has 0 aromatic heterocycles. The summed E-state index contributed by atoms with van der Waals surface area (Å²) < 4.78 is 21.8. The number of ether oxygens (including phenoxy) is 4. The van der Waals surface area contributed by atoms with Crippen molar-refractivity contribution in [3.8, 4) is 0 Å². The standard InChI is InChI=1S/C19H28O6/c1-18-6-5-13(10-15(18)25-18)17(21)23-8-7-22-16(20)9-12-3-4-14-19(2,11-12)24-14/h12-15H,3-11H2,1-2H3. The van der Waals surface area contributed by atoms with E-state index in [1.54, 1.807) is 0 Å². The van der Waals surface area contributed by atoms with Crippen molar-refractivity contribution in [2.24, 2.45) is 11.8 Å². The maximum absolute atomic E-state index is 12.1. The molecule has 140 valence electrons. The van der Waals surface area contributed by atoms with Crippen molar-refractivity contribution in [3.05, 3.63) is 0 Å². The molecule has 2 heterocycles. The summed E-state index contributed by atoms with van der Waals surface area (Å²) in [4.78, 5) is 24.0. The summed E-state index contributed by atoms with van der Waals surface area (Å²) in [5.74, 6) is -0.131. The van der Waals surface area contributed by atoms with Gasteiger partial charge in [0, 0.05) is 6.42 Å². The molecule has 2 saturated heterocycles. The van der Waals surface area contributed by atoms with Crippen molar-refractivity contribution in [1.82, 2.24) is 0 Å². The normalized spacial score (nSPS) is 44.2. The maximum Gasteiger partial charge on any atom is 0.309 e. The smallest absolute Gasteiger partial charge is 0.309 e. The molecule has 2 saturated carbocycles. The Balaban J connectivity index is 1.09. The fourth-order valence-electron chi connectivity index (χ4n) is 4.64. The van der Waals surface area contributed by atoms with E-state index in [0.717, 1.165) is 38.5 Å². The highest BCUT2D eigenvalue weighted by molar-refractivity contribution is 5.73. The van der Waals surface area contributed by atoms with Crippen LogP contribution in [0.25, 0.3) is 0 Å². The second-order valence-corrected chi connectivity index (χ2v) is 8.55. The largest absolute Gasteiger partial charge is 0.462 e. The van der Waals surface area contributed by atoms with Gasteiger partial charge in [-0.3, -0.25) is 9.59 Å². The van der Waals surface area contributed by atoms with Crippen LogP contribution in [-0.2, 0) is 28.5 Å². The van der Waals surface area contributed by atoms with Crippen LogP contribution in [0.5, 0.6) is 0 Å². The van der Waals surface area contributed by atoms with E-state index in [-0.39, 0.29) is 48.4 Å². The molecule has 6 nitrogen and oxygen atoms in total. The Kier molecular flexibility index (Phi) is 4.31. The van der Waals surface area contributed by atoms with Crippen LogP contribution in [0, 0.1) is 11.8 Å². The zero-order valence-electron chi connectivity index (χ0n) is 15.1. The molecule has 4 fully saturated rings. The topological polar surface area (TPSA) is 77.7 Å². The number of hydrogen-bond acceptors (Lipinski definition) is 6. The minimum Gasteiger partial charge on any atom is -0.462 e. The van der Waals surface area contributed by atoms with Gasteiger partial charge in [-0.2, -0.15) is 0 Å². The van der Waals surface area contributed by atoms with Gasteiger partial charge >= 0.3 is 11.9 Å². The third kappa shape index (κ3) is 3.70. The predicted molar refractivity (Wildman–Crippen MR) is 87.8 cm³/mol. The zero-order chi connectivity index (χ0) is 17.7. The number of esters is 2. The molecule has 6 unspecified atom stereocenters. The maximum atomic E-state index is 12.1. The number of fused-ring (bicyclic) bond motifs is 2. The number of carbonyl (C=O) groups is 2. The molecule has 4 rings (SSSR count). The van der Waals surface area contributed by atoms with E-state index in [1.165, 1.54) is 0 Å². The van der Waals surface area contributed by atoms with Crippen LogP contribution in [0.4, 0.5) is 0 Å². The summed E-state index contributed by atoms with van der Waals surface area (Å²) in [7, 11) is 0. The molecule has 0 spiro atoms. The Morgan fingerprint density at radius 2 is 1.76 bits per heavy atom. The number of epoxide rings is 2. The summed E-state index contributed by atoms with van der Waals surface area (Å²) in [5, 5.41) is 0. The van der Waals surface area contributed by atoms with Gasteiger partial charge in [-0.25, -0.2) is 0 Å². The highest BCUT2D eigenvalue weighted by atomic mass is 16.6. The predicted octanol–water partition coefficient (Wildman–Crippen LogP) is 2.38. The molecule has 0 aromatic carbocycles. The van der Waals surface area contributed by atoms with E-state index < -0.39 is 0 Å². The monoisotopic (exact) mass is 352 g/mol. The fourth-order valence-corrected chi connectivity index (χ4v) is 4.64. The second kappa shape index (κ2) is 6.23. The minimum atomic E-state index is -0.205. The van der Waals surface area contributed by atoms with E-state index >= 15 is 0 Å². The first kappa shape index (κ1) is 17.3. The highest BCUT2D eigenvalue weighted by Gasteiger charge is 2.57. The van der Waals surface area contributed by atoms with Crippen molar-refractivity contribution in [2.45, 2.75) is 82.2 Å². The quantitative estimate of drug-likeness (QED) is 0.415. The zero-order valence-corrected chi connectivity index (χ0v) is 15.1. The molecule has 0 amide bonds. The first-order chi connectivity index (χ1) is 11.9. The molecule has 0 bridgehead atoms. The van der Waals surface area contributed by atoms with Gasteiger partial charge in [0.1, 0.15) is 13.2 Å². The number of hydrogen-bond donors (Lipinski definition) is 0. The summed E-state index contributed by atoms with van der Waals surface area (Å²) in [6.45, 7) is 4.49. The summed E-state index contributed by atoms with van der Waals surface area (Å²) in [5.41, 5.74) is 0.00803. The van der Waals surface area contributed by atoms with E-state index in [2.05, 4.69) is 13.8 Å². The van der Waals surface area contributed by atoms with Crippen molar-refractivity contribution in [1.29, 1.82) is 0 Å². The Hall–Kier alpha value is -1.14. The fraction of sp³-hybridized carbons (Fsp3) is 0.895. The highest BCUT2D eigenvalue weighted by Crippen LogP contribution is 2.50. The van der Waals surface area contributed by atoms with Crippen molar-refractivity contribution in [2.75, 3.05) is 13.2 Å². The molecular weight excluding hydrogens is 324 g/mol. The van der Waals surface area contributed by atoms with Crippen LogP contribution < -0.4 is 0 Å². The van der Waals surface area contributed by atoms with Gasteiger partial charge in [-0.05, 0) is 58.3 Å². The van der Waals surface area contributed by atoms with Gasteiger partial charge in [0.15, 0.2) is 0 Å². The van der Waals surface area contributed by atoms with Crippen molar-refractivity contribution >= 4 is 11.9 Å². The van der Waals surface area contributed by atoms with E-state index in [0.29, 0.717) is 18.4 Å². The third-order valence-corrected chi connectivity index (χ3v) is 6.47.